The summed E-state index contributed by atoms with van der Waals surface area (Å²) in [5, 5.41) is 2.86. The molecule has 3 atom stereocenters. The summed E-state index contributed by atoms with van der Waals surface area (Å²) in [6.45, 7) is 5.72. The van der Waals surface area contributed by atoms with Gasteiger partial charge in [0.25, 0.3) is 0 Å². The molecule has 2 aliphatic carbocycles. The fourth-order valence-corrected chi connectivity index (χ4v) is 3.47. The largest absolute Gasteiger partial charge is 0.326 e. The summed E-state index contributed by atoms with van der Waals surface area (Å²) in [7, 11) is 0. The minimum atomic E-state index is -0.263. The van der Waals surface area contributed by atoms with Crippen molar-refractivity contribution >= 4 is 11.6 Å². The molecule has 20 heavy (non-hydrogen) atoms. The zero-order chi connectivity index (χ0) is 14.7. The number of rotatable bonds is 2. The van der Waals surface area contributed by atoms with Crippen molar-refractivity contribution in [3.8, 4) is 0 Å². The maximum Gasteiger partial charge on any atom is 0.227 e. The van der Waals surface area contributed by atoms with Gasteiger partial charge in [0.2, 0.25) is 5.91 Å². The Morgan fingerprint density at radius 1 is 1.25 bits per heavy atom. The highest BCUT2D eigenvalue weighted by Crippen LogP contribution is 2.48. The van der Waals surface area contributed by atoms with E-state index in [2.05, 4.69) is 5.32 Å². The van der Waals surface area contributed by atoms with Gasteiger partial charge in [-0.15, -0.1) is 0 Å². The van der Waals surface area contributed by atoms with Crippen LogP contribution in [0, 0.1) is 30.5 Å². The molecule has 2 aliphatic rings. The quantitative estimate of drug-likeness (QED) is 0.845. The molecule has 2 saturated carbocycles. The molecule has 0 aliphatic heterocycles. The molecule has 3 heteroatoms. The van der Waals surface area contributed by atoms with E-state index in [1.54, 1.807) is 19.1 Å². The lowest BCUT2D eigenvalue weighted by atomic mass is 9.88. The lowest BCUT2D eigenvalue weighted by molar-refractivity contribution is -0.121. The van der Waals surface area contributed by atoms with Crippen molar-refractivity contribution in [1.29, 1.82) is 0 Å². The van der Waals surface area contributed by atoms with Crippen molar-refractivity contribution in [3.63, 3.8) is 0 Å². The number of anilines is 1. The summed E-state index contributed by atoms with van der Waals surface area (Å²) < 4.78 is 13.4. The Morgan fingerprint density at radius 2 is 2.00 bits per heavy atom. The van der Waals surface area contributed by atoms with Crippen molar-refractivity contribution < 1.29 is 9.18 Å². The fourth-order valence-electron chi connectivity index (χ4n) is 3.47. The topological polar surface area (TPSA) is 29.1 Å². The summed E-state index contributed by atoms with van der Waals surface area (Å²) in [6, 6.07) is 4.87. The van der Waals surface area contributed by atoms with Gasteiger partial charge in [-0.1, -0.05) is 26.3 Å². The molecule has 110 valence electrons. The molecule has 0 aromatic heterocycles. The minimum absolute atomic E-state index is 0.0745. The molecule has 0 spiro atoms. The predicted octanol–water partition coefficient (Wildman–Crippen LogP) is 4.54. The third kappa shape index (κ3) is 3.02. The molecule has 0 heterocycles. The fraction of sp³-hybridized carbons (Fsp3) is 0.588. The molecule has 3 rings (SSSR count). The molecule has 1 aromatic carbocycles. The molecule has 2 bridgehead atoms. The van der Waals surface area contributed by atoms with E-state index in [0.29, 0.717) is 17.2 Å². The number of nitrogens with one attached hydrogen (secondary N) is 1. The number of carbonyl (C=O) groups is 1. The highest BCUT2D eigenvalue weighted by Gasteiger charge is 2.42. The summed E-state index contributed by atoms with van der Waals surface area (Å²) in [4.78, 5) is 12.2. The van der Waals surface area contributed by atoms with Crippen LogP contribution in [0.3, 0.4) is 0 Å². The van der Waals surface area contributed by atoms with E-state index in [1.165, 1.54) is 25.3 Å². The van der Waals surface area contributed by atoms with E-state index in [4.69, 9.17) is 0 Å². The molecule has 0 saturated heterocycles. The minimum Gasteiger partial charge on any atom is -0.326 e. The molecule has 3 unspecified atom stereocenters. The summed E-state index contributed by atoms with van der Waals surface area (Å²) in [5.41, 5.74) is 1.18. The number of amides is 1. The van der Waals surface area contributed by atoms with Crippen LogP contribution >= 0.6 is 0 Å². The van der Waals surface area contributed by atoms with Gasteiger partial charge in [0.15, 0.2) is 0 Å². The van der Waals surface area contributed by atoms with Crippen molar-refractivity contribution in [2.45, 2.75) is 46.5 Å². The third-order valence-electron chi connectivity index (χ3n) is 4.51. The van der Waals surface area contributed by atoms with Crippen LogP contribution in [0.25, 0.3) is 0 Å². The number of carbonyl (C=O) groups excluding carboxylic acids is 1. The zero-order valence-electron chi connectivity index (χ0n) is 12.6. The first-order chi connectivity index (χ1) is 9.63. The predicted molar refractivity (Wildman–Crippen MR) is 80.1 cm³/mol. The van der Waals surface area contributed by atoms with Crippen LogP contribution in [0.4, 0.5) is 10.1 Å². The van der Waals surface area contributed by atoms with Crippen LogP contribution in [0.1, 0.15) is 45.1 Å². The monoisotopic (exact) mass is 277 g/mol. The van der Waals surface area contributed by atoms with Crippen molar-refractivity contribution in [2.24, 2.45) is 17.8 Å². The molecule has 1 amide bonds. The van der Waals surface area contributed by atoms with Gasteiger partial charge in [0, 0.05) is 11.6 Å². The lowest BCUT2D eigenvalue weighted by Crippen LogP contribution is -2.27. The van der Waals surface area contributed by atoms with E-state index in [-0.39, 0.29) is 17.6 Å². The van der Waals surface area contributed by atoms with Gasteiger partial charge >= 0.3 is 0 Å². The first-order valence-corrected chi connectivity index (χ1v) is 7.70. The van der Waals surface area contributed by atoms with E-state index >= 15 is 0 Å². The molecule has 2 fully saturated rings. The van der Waals surface area contributed by atoms with Crippen LogP contribution < -0.4 is 5.32 Å². The number of halogens is 1. The Balaban J connectivity index is 0.000000704. The van der Waals surface area contributed by atoms with Crippen molar-refractivity contribution in [1.82, 2.24) is 0 Å². The van der Waals surface area contributed by atoms with Gasteiger partial charge in [0.05, 0.1) is 0 Å². The van der Waals surface area contributed by atoms with Crippen molar-refractivity contribution in [2.75, 3.05) is 5.32 Å². The van der Waals surface area contributed by atoms with Crippen LogP contribution in [0.5, 0.6) is 0 Å². The van der Waals surface area contributed by atoms with Gasteiger partial charge in [-0.05, 0) is 55.7 Å². The maximum atomic E-state index is 13.4. The SMILES string of the molecule is CC.Cc1ccc(NC(=O)C2CC3CCC2C3)cc1F. The smallest absolute Gasteiger partial charge is 0.227 e. The number of hydrogen-bond acceptors (Lipinski definition) is 1. The first kappa shape index (κ1) is 15.0. The maximum absolute atomic E-state index is 13.4. The summed E-state index contributed by atoms with van der Waals surface area (Å²) in [6.07, 6.45) is 4.70. The van der Waals surface area contributed by atoms with Crippen LogP contribution in [0.2, 0.25) is 0 Å². The van der Waals surface area contributed by atoms with Gasteiger partial charge in [-0.25, -0.2) is 4.39 Å². The molecule has 0 radical (unpaired) electrons. The lowest BCUT2D eigenvalue weighted by Gasteiger charge is -2.20. The first-order valence-electron chi connectivity index (χ1n) is 7.70. The second-order valence-corrected chi connectivity index (χ2v) is 5.73. The highest BCUT2D eigenvalue weighted by molar-refractivity contribution is 5.93. The Bertz CT molecular complexity index is 486. The van der Waals surface area contributed by atoms with Gasteiger partial charge in [0.1, 0.15) is 5.82 Å². The Morgan fingerprint density at radius 3 is 2.55 bits per heavy atom. The highest BCUT2D eigenvalue weighted by atomic mass is 19.1. The van der Waals surface area contributed by atoms with Crippen molar-refractivity contribution in [3.05, 3.63) is 29.6 Å². The third-order valence-corrected chi connectivity index (χ3v) is 4.51. The summed E-state index contributed by atoms with van der Waals surface area (Å²) >= 11 is 0. The number of hydrogen-bond donors (Lipinski definition) is 1. The van der Waals surface area contributed by atoms with Crippen LogP contribution in [-0.2, 0) is 4.79 Å². The molecule has 1 aromatic rings. The number of fused-ring (bicyclic) bond motifs is 2. The van der Waals surface area contributed by atoms with E-state index < -0.39 is 0 Å². The summed E-state index contributed by atoms with van der Waals surface area (Å²) in [5.74, 6) is 1.27. The normalized spacial score (nSPS) is 26.9. The Hall–Kier alpha value is -1.38. The standard InChI is InChI=1S/C15H18FNO.C2H6/c1-9-2-5-12(8-14(9)16)17-15(18)13-7-10-3-4-11(13)6-10;1-2/h2,5,8,10-11,13H,3-4,6-7H2,1H3,(H,17,18);1-2H3. The Kier molecular flexibility index (Phi) is 4.79. The van der Waals surface area contributed by atoms with E-state index in [9.17, 15) is 9.18 Å². The second-order valence-electron chi connectivity index (χ2n) is 5.73. The molecule has 2 nitrogen and oxygen atoms in total. The van der Waals surface area contributed by atoms with Crippen LogP contribution in [-0.4, -0.2) is 5.91 Å². The average Bonchev–Trinajstić information content (AvgIpc) is 3.08. The zero-order valence-corrected chi connectivity index (χ0v) is 12.6. The average molecular weight is 277 g/mol. The van der Waals surface area contributed by atoms with Crippen LogP contribution in [0.15, 0.2) is 18.2 Å². The molecule has 1 N–H and O–H groups in total. The van der Waals surface area contributed by atoms with Gasteiger partial charge < -0.3 is 5.32 Å². The number of benzene rings is 1. The second kappa shape index (κ2) is 6.38. The van der Waals surface area contributed by atoms with E-state index in [0.717, 1.165) is 12.3 Å². The molecular formula is C17H24FNO. The van der Waals surface area contributed by atoms with E-state index in [1.807, 2.05) is 13.8 Å². The van der Waals surface area contributed by atoms with Gasteiger partial charge in [-0.2, -0.15) is 0 Å². The Labute approximate surface area is 120 Å². The number of aryl methyl sites for hydroxylation is 1. The molecular weight excluding hydrogens is 253 g/mol. The van der Waals surface area contributed by atoms with Gasteiger partial charge in [-0.3, -0.25) is 4.79 Å².